The standard InChI is InChI=1S/C17H21NO3S/c1-12(10-15(19)13-6-4-3-5-7-13)18-17(20)16-14(11-21-2)8-9-22-16/h3-9,12,15,19H,10-11H2,1-2H3,(H,18,20). The molecule has 0 radical (unpaired) electrons. The van der Waals surface area contributed by atoms with Crippen molar-refractivity contribution in [1.29, 1.82) is 0 Å². The highest BCUT2D eigenvalue weighted by atomic mass is 32.1. The summed E-state index contributed by atoms with van der Waals surface area (Å²) in [6, 6.07) is 11.2. The van der Waals surface area contributed by atoms with Crippen LogP contribution in [0, 0.1) is 0 Å². The predicted molar refractivity (Wildman–Crippen MR) is 88.0 cm³/mol. The van der Waals surface area contributed by atoms with Gasteiger partial charge in [-0.3, -0.25) is 4.79 Å². The Balaban J connectivity index is 1.92. The quantitative estimate of drug-likeness (QED) is 0.824. The molecule has 0 spiro atoms. The second-order valence-electron chi connectivity index (χ2n) is 5.24. The van der Waals surface area contributed by atoms with Gasteiger partial charge in [-0.1, -0.05) is 30.3 Å². The van der Waals surface area contributed by atoms with E-state index in [-0.39, 0.29) is 11.9 Å². The predicted octanol–water partition coefficient (Wildman–Crippen LogP) is 3.14. The van der Waals surface area contributed by atoms with Crippen LogP contribution in [0.4, 0.5) is 0 Å². The number of thiophene rings is 1. The van der Waals surface area contributed by atoms with Crippen molar-refractivity contribution in [2.24, 2.45) is 0 Å². The van der Waals surface area contributed by atoms with E-state index in [9.17, 15) is 9.90 Å². The van der Waals surface area contributed by atoms with Gasteiger partial charge in [0, 0.05) is 18.7 Å². The van der Waals surface area contributed by atoms with Crippen LogP contribution in [0.1, 0.15) is 40.2 Å². The lowest BCUT2D eigenvalue weighted by Gasteiger charge is -2.18. The van der Waals surface area contributed by atoms with Gasteiger partial charge >= 0.3 is 0 Å². The molecule has 0 saturated carbocycles. The number of carbonyl (C=O) groups is 1. The lowest BCUT2D eigenvalue weighted by Crippen LogP contribution is -2.33. The normalized spacial score (nSPS) is 13.6. The van der Waals surface area contributed by atoms with Crippen LogP contribution in [-0.2, 0) is 11.3 Å². The molecule has 0 bridgehead atoms. The van der Waals surface area contributed by atoms with Crippen molar-refractivity contribution in [2.45, 2.75) is 32.1 Å². The molecule has 0 aliphatic rings. The zero-order valence-corrected chi connectivity index (χ0v) is 13.6. The van der Waals surface area contributed by atoms with Crippen LogP contribution >= 0.6 is 11.3 Å². The molecule has 2 rings (SSSR count). The first kappa shape index (κ1) is 16.7. The number of hydrogen-bond acceptors (Lipinski definition) is 4. The van der Waals surface area contributed by atoms with Crippen molar-refractivity contribution >= 4 is 17.2 Å². The molecule has 2 aromatic rings. The first-order chi connectivity index (χ1) is 10.6. The van der Waals surface area contributed by atoms with Gasteiger partial charge in [-0.05, 0) is 30.4 Å². The van der Waals surface area contributed by atoms with E-state index in [0.717, 1.165) is 11.1 Å². The Morgan fingerprint density at radius 1 is 1.32 bits per heavy atom. The summed E-state index contributed by atoms with van der Waals surface area (Å²) in [6.45, 7) is 2.32. The fourth-order valence-electron chi connectivity index (χ4n) is 2.30. The van der Waals surface area contributed by atoms with Crippen molar-refractivity contribution in [1.82, 2.24) is 5.32 Å². The van der Waals surface area contributed by atoms with Gasteiger partial charge in [0.2, 0.25) is 0 Å². The molecule has 0 saturated heterocycles. The molecule has 118 valence electrons. The molecule has 0 fully saturated rings. The van der Waals surface area contributed by atoms with Crippen LogP contribution in [0.25, 0.3) is 0 Å². The molecule has 2 unspecified atom stereocenters. The van der Waals surface area contributed by atoms with Crippen molar-refractivity contribution < 1.29 is 14.6 Å². The van der Waals surface area contributed by atoms with E-state index in [4.69, 9.17) is 4.74 Å². The Morgan fingerprint density at radius 2 is 2.05 bits per heavy atom. The first-order valence-electron chi connectivity index (χ1n) is 7.21. The highest BCUT2D eigenvalue weighted by Crippen LogP contribution is 2.20. The van der Waals surface area contributed by atoms with E-state index in [1.165, 1.54) is 11.3 Å². The van der Waals surface area contributed by atoms with E-state index in [1.807, 2.05) is 48.7 Å². The Kier molecular flexibility index (Phi) is 6.12. The van der Waals surface area contributed by atoms with Gasteiger partial charge in [0.25, 0.3) is 5.91 Å². The number of aliphatic hydroxyl groups is 1. The van der Waals surface area contributed by atoms with Crippen molar-refractivity contribution in [2.75, 3.05) is 7.11 Å². The third-order valence-electron chi connectivity index (χ3n) is 3.39. The average molecular weight is 319 g/mol. The van der Waals surface area contributed by atoms with Crippen LogP contribution in [0.3, 0.4) is 0 Å². The Bertz CT molecular complexity index is 597. The smallest absolute Gasteiger partial charge is 0.261 e. The highest BCUT2D eigenvalue weighted by molar-refractivity contribution is 7.12. The van der Waals surface area contributed by atoms with Gasteiger partial charge in [-0.25, -0.2) is 0 Å². The summed E-state index contributed by atoms with van der Waals surface area (Å²) in [6.07, 6.45) is -0.112. The average Bonchev–Trinajstić information content (AvgIpc) is 2.96. The zero-order valence-electron chi connectivity index (χ0n) is 12.8. The Hall–Kier alpha value is -1.69. The molecule has 1 aromatic heterocycles. The number of hydrogen-bond donors (Lipinski definition) is 2. The van der Waals surface area contributed by atoms with Gasteiger partial charge in [0.1, 0.15) is 0 Å². The van der Waals surface area contributed by atoms with Crippen molar-refractivity contribution in [3.63, 3.8) is 0 Å². The number of ether oxygens (including phenoxy) is 1. The fraction of sp³-hybridized carbons (Fsp3) is 0.353. The summed E-state index contributed by atoms with van der Waals surface area (Å²) in [7, 11) is 1.61. The van der Waals surface area contributed by atoms with E-state index < -0.39 is 6.10 Å². The SMILES string of the molecule is COCc1ccsc1C(=O)NC(C)CC(O)c1ccccc1. The van der Waals surface area contributed by atoms with Crippen LogP contribution in [0.2, 0.25) is 0 Å². The summed E-state index contributed by atoms with van der Waals surface area (Å²) in [5, 5.41) is 15.0. The zero-order chi connectivity index (χ0) is 15.9. The molecule has 0 aliphatic carbocycles. The molecule has 1 aromatic carbocycles. The van der Waals surface area contributed by atoms with Gasteiger partial charge in [-0.2, -0.15) is 0 Å². The van der Waals surface area contributed by atoms with Crippen LogP contribution in [0.15, 0.2) is 41.8 Å². The topological polar surface area (TPSA) is 58.6 Å². The molecular formula is C17H21NO3S. The monoisotopic (exact) mass is 319 g/mol. The van der Waals surface area contributed by atoms with Gasteiger partial charge in [-0.15, -0.1) is 11.3 Å². The maximum Gasteiger partial charge on any atom is 0.261 e. The molecule has 1 amide bonds. The number of amides is 1. The number of benzene rings is 1. The summed E-state index contributed by atoms with van der Waals surface area (Å²) >= 11 is 1.40. The highest BCUT2D eigenvalue weighted by Gasteiger charge is 2.18. The lowest BCUT2D eigenvalue weighted by molar-refractivity contribution is 0.0916. The Labute approximate surface area is 134 Å². The lowest BCUT2D eigenvalue weighted by atomic mass is 10.0. The molecule has 22 heavy (non-hydrogen) atoms. The van der Waals surface area contributed by atoms with Gasteiger partial charge in [0.15, 0.2) is 0 Å². The van der Waals surface area contributed by atoms with Crippen LogP contribution < -0.4 is 5.32 Å². The summed E-state index contributed by atoms with van der Waals surface area (Å²) in [5.74, 6) is -0.116. The molecule has 2 N–H and O–H groups in total. The number of aliphatic hydroxyl groups excluding tert-OH is 1. The first-order valence-corrected chi connectivity index (χ1v) is 8.09. The second kappa shape index (κ2) is 8.08. The summed E-state index contributed by atoms with van der Waals surface area (Å²) in [4.78, 5) is 13.0. The molecular weight excluding hydrogens is 298 g/mol. The minimum atomic E-state index is -0.585. The molecule has 0 aliphatic heterocycles. The van der Waals surface area contributed by atoms with Crippen molar-refractivity contribution in [3.05, 3.63) is 57.8 Å². The number of nitrogens with one attached hydrogen (secondary N) is 1. The Morgan fingerprint density at radius 3 is 2.73 bits per heavy atom. The number of rotatable bonds is 7. The van der Waals surface area contributed by atoms with Gasteiger partial charge in [0.05, 0.1) is 17.6 Å². The van der Waals surface area contributed by atoms with Crippen LogP contribution in [-0.4, -0.2) is 24.2 Å². The number of methoxy groups -OCH3 is 1. The minimum absolute atomic E-state index is 0.116. The third-order valence-corrected chi connectivity index (χ3v) is 4.35. The van der Waals surface area contributed by atoms with Crippen molar-refractivity contribution in [3.8, 4) is 0 Å². The maximum absolute atomic E-state index is 12.3. The largest absolute Gasteiger partial charge is 0.388 e. The van der Waals surface area contributed by atoms with E-state index in [2.05, 4.69) is 5.32 Å². The van der Waals surface area contributed by atoms with Crippen LogP contribution in [0.5, 0.6) is 0 Å². The molecule has 1 heterocycles. The summed E-state index contributed by atoms with van der Waals surface area (Å²) < 4.78 is 5.09. The van der Waals surface area contributed by atoms with E-state index >= 15 is 0 Å². The van der Waals surface area contributed by atoms with Gasteiger partial charge < -0.3 is 15.2 Å². The minimum Gasteiger partial charge on any atom is -0.388 e. The second-order valence-corrected chi connectivity index (χ2v) is 6.16. The molecule has 5 heteroatoms. The van der Waals surface area contributed by atoms with E-state index in [0.29, 0.717) is 17.9 Å². The molecule has 2 atom stereocenters. The fourth-order valence-corrected chi connectivity index (χ4v) is 3.11. The third kappa shape index (κ3) is 4.40. The molecule has 4 nitrogen and oxygen atoms in total. The number of carbonyl (C=O) groups excluding carboxylic acids is 1. The maximum atomic E-state index is 12.3. The van der Waals surface area contributed by atoms with E-state index in [1.54, 1.807) is 7.11 Å². The summed E-state index contributed by atoms with van der Waals surface area (Å²) in [5.41, 5.74) is 1.75.